The topological polar surface area (TPSA) is 31.4 Å². The van der Waals surface area contributed by atoms with Crippen LogP contribution in [0.3, 0.4) is 0 Å². The first-order valence-corrected chi connectivity index (χ1v) is 8.46. The lowest BCUT2D eigenvalue weighted by Gasteiger charge is -2.38. The predicted octanol–water partition coefficient (Wildman–Crippen LogP) is 2.12. The van der Waals surface area contributed by atoms with Crippen molar-refractivity contribution in [2.24, 2.45) is 0 Å². The van der Waals surface area contributed by atoms with Crippen LogP contribution in [-0.2, 0) is 0 Å². The first-order chi connectivity index (χ1) is 10.3. The Morgan fingerprint density at radius 2 is 2.05 bits per heavy atom. The van der Waals surface area contributed by atoms with E-state index >= 15 is 0 Å². The average Bonchev–Trinajstić information content (AvgIpc) is 3.37. The molecular weight excluding hydrogens is 260 g/mol. The Balaban J connectivity index is 1.36. The molecule has 0 radical (unpaired) electrons. The van der Waals surface area contributed by atoms with Gasteiger partial charge in [-0.15, -0.1) is 0 Å². The van der Waals surface area contributed by atoms with E-state index in [1.165, 1.54) is 32.2 Å². The minimum atomic E-state index is 0.705. The van der Waals surface area contributed by atoms with E-state index in [1.54, 1.807) is 0 Å². The number of piperazine rings is 1. The summed E-state index contributed by atoms with van der Waals surface area (Å²) < 4.78 is 0. The van der Waals surface area contributed by atoms with Gasteiger partial charge in [0.2, 0.25) is 0 Å². The summed E-state index contributed by atoms with van der Waals surface area (Å²) in [6, 6.07) is 7.73. The molecule has 1 atom stereocenters. The number of nitrogens with one attached hydrogen (secondary N) is 1. The monoisotopic (exact) mass is 288 g/mol. The van der Waals surface area contributed by atoms with Crippen LogP contribution < -0.4 is 10.2 Å². The van der Waals surface area contributed by atoms with Gasteiger partial charge in [-0.2, -0.15) is 0 Å². The summed E-state index contributed by atoms with van der Waals surface area (Å²) in [5.74, 6) is 1.12. The van der Waals surface area contributed by atoms with Crippen molar-refractivity contribution in [2.75, 3.05) is 37.6 Å². The zero-order valence-electron chi connectivity index (χ0n) is 13.2. The molecule has 1 aliphatic carbocycles. The lowest BCUT2D eigenvalue weighted by atomic mass is 10.1. The van der Waals surface area contributed by atoms with Crippen molar-refractivity contribution in [3.8, 4) is 0 Å². The summed E-state index contributed by atoms with van der Waals surface area (Å²) in [7, 11) is 0. The van der Waals surface area contributed by atoms with Crippen LogP contribution >= 0.6 is 0 Å². The number of rotatable bonds is 7. The first-order valence-electron chi connectivity index (χ1n) is 8.46. The van der Waals surface area contributed by atoms with E-state index in [-0.39, 0.29) is 0 Å². The van der Waals surface area contributed by atoms with E-state index in [2.05, 4.69) is 39.2 Å². The van der Waals surface area contributed by atoms with E-state index in [9.17, 15) is 0 Å². The van der Waals surface area contributed by atoms with Crippen LogP contribution in [0, 0.1) is 0 Å². The standard InChI is InChI=1S/C17H28N4/c1-15(5-4-10-18-16-7-8-16)20-11-13-21(14-12-20)17-6-2-3-9-19-17/h2-3,6,9,15-16,18H,4-5,7-8,10-14H2,1H3. The maximum absolute atomic E-state index is 4.45. The van der Waals surface area contributed by atoms with E-state index in [4.69, 9.17) is 0 Å². The molecule has 0 spiro atoms. The van der Waals surface area contributed by atoms with Gasteiger partial charge in [-0.1, -0.05) is 6.07 Å². The van der Waals surface area contributed by atoms with Gasteiger partial charge in [-0.3, -0.25) is 4.90 Å². The number of hydrogen-bond donors (Lipinski definition) is 1. The molecule has 1 saturated carbocycles. The SMILES string of the molecule is CC(CCCNC1CC1)N1CCN(c2ccccn2)CC1. The van der Waals surface area contributed by atoms with E-state index in [0.29, 0.717) is 6.04 Å². The van der Waals surface area contributed by atoms with Crippen molar-refractivity contribution in [3.63, 3.8) is 0 Å². The maximum Gasteiger partial charge on any atom is 0.128 e. The third-order valence-electron chi connectivity index (χ3n) is 4.72. The first kappa shape index (κ1) is 14.8. The van der Waals surface area contributed by atoms with Gasteiger partial charge < -0.3 is 10.2 Å². The molecule has 0 aromatic carbocycles. The smallest absolute Gasteiger partial charge is 0.128 e. The highest BCUT2D eigenvalue weighted by molar-refractivity contribution is 5.38. The molecule has 4 heteroatoms. The molecule has 1 aromatic rings. The second-order valence-electron chi connectivity index (χ2n) is 6.43. The number of pyridine rings is 1. The quantitative estimate of drug-likeness (QED) is 0.779. The summed E-state index contributed by atoms with van der Waals surface area (Å²) in [6.07, 6.45) is 7.29. The highest BCUT2D eigenvalue weighted by Crippen LogP contribution is 2.19. The molecule has 3 rings (SSSR count). The van der Waals surface area contributed by atoms with Crippen LogP contribution in [0.25, 0.3) is 0 Å². The molecule has 21 heavy (non-hydrogen) atoms. The maximum atomic E-state index is 4.45. The second kappa shape index (κ2) is 7.23. The minimum Gasteiger partial charge on any atom is -0.354 e. The van der Waals surface area contributed by atoms with E-state index in [0.717, 1.165) is 38.0 Å². The van der Waals surface area contributed by atoms with Crippen LogP contribution in [0.4, 0.5) is 5.82 Å². The fourth-order valence-electron chi connectivity index (χ4n) is 3.11. The molecule has 1 N–H and O–H groups in total. The Morgan fingerprint density at radius 3 is 2.71 bits per heavy atom. The molecule has 1 saturated heterocycles. The Morgan fingerprint density at radius 1 is 1.24 bits per heavy atom. The van der Waals surface area contributed by atoms with Crippen molar-refractivity contribution < 1.29 is 0 Å². The number of hydrogen-bond acceptors (Lipinski definition) is 4. The Bertz CT molecular complexity index is 410. The van der Waals surface area contributed by atoms with Gasteiger partial charge in [-0.25, -0.2) is 4.98 Å². The molecule has 1 aromatic heterocycles. The molecule has 2 aliphatic rings. The van der Waals surface area contributed by atoms with Crippen LogP contribution in [0.15, 0.2) is 24.4 Å². The van der Waals surface area contributed by atoms with Crippen molar-refractivity contribution in [3.05, 3.63) is 24.4 Å². The lowest BCUT2D eigenvalue weighted by molar-refractivity contribution is 0.186. The van der Waals surface area contributed by atoms with Crippen LogP contribution in [0.1, 0.15) is 32.6 Å². The molecule has 116 valence electrons. The van der Waals surface area contributed by atoms with Crippen molar-refractivity contribution in [1.29, 1.82) is 0 Å². The molecule has 2 heterocycles. The zero-order valence-corrected chi connectivity index (χ0v) is 13.2. The van der Waals surface area contributed by atoms with Gasteiger partial charge in [0.25, 0.3) is 0 Å². The molecule has 1 unspecified atom stereocenters. The van der Waals surface area contributed by atoms with Gasteiger partial charge in [0.15, 0.2) is 0 Å². The Labute approximate surface area is 128 Å². The second-order valence-corrected chi connectivity index (χ2v) is 6.43. The summed E-state index contributed by atoms with van der Waals surface area (Å²) in [6.45, 7) is 8.10. The Hall–Kier alpha value is -1.13. The number of aromatic nitrogens is 1. The van der Waals surface area contributed by atoms with Crippen LogP contribution in [0.2, 0.25) is 0 Å². The lowest BCUT2D eigenvalue weighted by Crippen LogP contribution is -2.50. The van der Waals surface area contributed by atoms with Crippen LogP contribution in [0.5, 0.6) is 0 Å². The molecule has 2 fully saturated rings. The van der Waals surface area contributed by atoms with E-state index in [1.807, 2.05) is 12.3 Å². The normalized spacial score (nSPS) is 21.5. The third-order valence-corrected chi connectivity index (χ3v) is 4.72. The van der Waals surface area contributed by atoms with Crippen molar-refractivity contribution in [1.82, 2.24) is 15.2 Å². The summed E-state index contributed by atoms with van der Waals surface area (Å²) in [5, 5.41) is 3.61. The van der Waals surface area contributed by atoms with Gasteiger partial charge in [0.1, 0.15) is 5.82 Å². The fraction of sp³-hybridized carbons (Fsp3) is 0.706. The largest absolute Gasteiger partial charge is 0.354 e. The molecule has 0 bridgehead atoms. The van der Waals surface area contributed by atoms with Crippen molar-refractivity contribution >= 4 is 5.82 Å². The Kier molecular flexibility index (Phi) is 5.09. The molecule has 1 aliphatic heterocycles. The van der Waals surface area contributed by atoms with Gasteiger partial charge >= 0.3 is 0 Å². The van der Waals surface area contributed by atoms with Gasteiger partial charge in [0.05, 0.1) is 0 Å². The summed E-state index contributed by atoms with van der Waals surface area (Å²) >= 11 is 0. The number of nitrogens with zero attached hydrogens (tertiary/aromatic N) is 3. The average molecular weight is 288 g/mol. The summed E-state index contributed by atoms with van der Waals surface area (Å²) in [4.78, 5) is 9.49. The highest BCUT2D eigenvalue weighted by atomic mass is 15.3. The molecule has 4 nitrogen and oxygen atoms in total. The van der Waals surface area contributed by atoms with E-state index < -0.39 is 0 Å². The molecule has 0 amide bonds. The predicted molar refractivity (Wildman–Crippen MR) is 87.7 cm³/mol. The minimum absolute atomic E-state index is 0.705. The molecular formula is C17H28N4. The van der Waals surface area contributed by atoms with Crippen LogP contribution in [-0.4, -0.2) is 54.7 Å². The van der Waals surface area contributed by atoms with Crippen molar-refractivity contribution in [2.45, 2.75) is 44.7 Å². The zero-order chi connectivity index (χ0) is 14.5. The van der Waals surface area contributed by atoms with Gasteiger partial charge in [-0.05, 0) is 51.3 Å². The summed E-state index contributed by atoms with van der Waals surface area (Å²) in [5.41, 5.74) is 0. The third kappa shape index (κ3) is 4.42. The van der Waals surface area contributed by atoms with Gasteiger partial charge in [0, 0.05) is 44.5 Å². The highest BCUT2D eigenvalue weighted by Gasteiger charge is 2.22. The number of anilines is 1. The fourth-order valence-corrected chi connectivity index (χ4v) is 3.11.